The lowest BCUT2D eigenvalue weighted by molar-refractivity contribution is 0.0929. The Morgan fingerprint density at radius 1 is 1.36 bits per heavy atom. The zero-order valence-electron chi connectivity index (χ0n) is 14.9. The van der Waals surface area contributed by atoms with Gasteiger partial charge in [-0.05, 0) is 45.9 Å². The van der Waals surface area contributed by atoms with Gasteiger partial charge in [0.1, 0.15) is 11.5 Å². The van der Waals surface area contributed by atoms with Gasteiger partial charge in [-0.1, -0.05) is 5.16 Å². The van der Waals surface area contributed by atoms with Crippen molar-refractivity contribution in [2.24, 2.45) is 0 Å². The number of hydrogen-bond donors (Lipinski definition) is 1. The molecule has 0 aliphatic heterocycles. The summed E-state index contributed by atoms with van der Waals surface area (Å²) in [4.78, 5) is 12.6. The molecule has 1 amide bonds. The number of furan rings is 1. The molecule has 0 saturated carbocycles. The van der Waals surface area contributed by atoms with E-state index in [1.807, 2.05) is 43.7 Å². The van der Waals surface area contributed by atoms with Crippen LogP contribution in [0.5, 0.6) is 0 Å². The number of carbonyl (C=O) groups is 1. The second-order valence-corrected chi connectivity index (χ2v) is 6.31. The number of hydrogen-bond acceptors (Lipinski definition) is 5. The van der Waals surface area contributed by atoms with Crippen molar-refractivity contribution in [3.05, 3.63) is 58.6 Å². The van der Waals surface area contributed by atoms with Gasteiger partial charge in [0, 0.05) is 23.7 Å². The third kappa shape index (κ3) is 3.81. The van der Waals surface area contributed by atoms with E-state index in [-0.39, 0.29) is 11.9 Å². The van der Waals surface area contributed by atoms with E-state index in [1.54, 1.807) is 13.2 Å². The van der Waals surface area contributed by atoms with Gasteiger partial charge in [0.2, 0.25) is 0 Å². The van der Waals surface area contributed by atoms with Crippen molar-refractivity contribution in [1.82, 2.24) is 20.3 Å². The summed E-state index contributed by atoms with van der Waals surface area (Å²) in [5.74, 6) is 1.19. The lowest BCUT2D eigenvalue weighted by Crippen LogP contribution is -2.34. The van der Waals surface area contributed by atoms with Gasteiger partial charge >= 0.3 is 0 Å². The fourth-order valence-corrected chi connectivity index (χ4v) is 2.81. The second-order valence-electron chi connectivity index (χ2n) is 6.31. The Labute approximate surface area is 146 Å². The van der Waals surface area contributed by atoms with E-state index in [9.17, 15) is 4.79 Å². The zero-order valence-corrected chi connectivity index (χ0v) is 14.9. The zero-order chi connectivity index (χ0) is 18.0. The SMILES string of the molecule is Cc1cc(C)n(Cc2c(C(=O)N[C@H](C)Cc3ccco3)noc2C)n1. The number of nitrogens with zero attached hydrogens (tertiary/aromatic N) is 3. The molecule has 0 saturated heterocycles. The van der Waals surface area contributed by atoms with Crippen LogP contribution in [-0.2, 0) is 13.0 Å². The quantitative estimate of drug-likeness (QED) is 0.744. The molecule has 3 heterocycles. The maximum absolute atomic E-state index is 12.6. The highest BCUT2D eigenvalue weighted by molar-refractivity contribution is 5.94. The van der Waals surface area contributed by atoms with Crippen LogP contribution in [0.4, 0.5) is 0 Å². The fraction of sp³-hybridized carbons (Fsp3) is 0.389. The standard InChI is InChI=1S/C18H22N4O3/c1-11(9-15-6-5-7-24-15)19-18(23)17-16(14(4)25-21-17)10-22-13(3)8-12(2)20-22/h5-8,11H,9-10H2,1-4H3,(H,19,23)/t11-/m1/s1. The van der Waals surface area contributed by atoms with Crippen LogP contribution in [0.25, 0.3) is 0 Å². The molecular formula is C18H22N4O3. The monoisotopic (exact) mass is 342 g/mol. The molecule has 25 heavy (non-hydrogen) atoms. The third-order valence-corrected chi connectivity index (χ3v) is 4.08. The average Bonchev–Trinajstić information content (AvgIpc) is 3.23. The normalized spacial score (nSPS) is 12.3. The van der Waals surface area contributed by atoms with Crippen LogP contribution in [0.15, 0.2) is 33.4 Å². The lowest BCUT2D eigenvalue weighted by Gasteiger charge is -2.12. The van der Waals surface area contributed by atoms with Gasteiger partial charge in [0.15, 0.2) is 5.69 Å². The van der Waals surface area contributed by atoms with Gasteiger partial charge in [-0.15, -0.1) is 0 Å². The molecule has 0 spiro atoms. The average molecular weight is 342 g/mol. The van der Waals surface area contributed by atoms with E-state index in [0.29, 0.717) is 24.4 Å². The number of carbonyl (C=O) groups excluding carboxylic acids is 1. The molecule has 0 aliphatic rings. The summed E-state index contributed by atoms with van der Waals surface area (Å²) < 4.78 is 12.4. The van der Waals surface area contributed by atoms with Gasteiger partial charge in [0.25, 0.3) is 5.91 Å². The highest BCUT2D eigenvalue weighted by Crippen LogP contribution is 2.17. The largest absolute Gasteiger partial charge is 0.469 e. The van der Waals surface area contributed by atoms with Crippen molar-refractivity contribution in [3.8, 4) is 0 Å². The molecule has 0 aliphatic carbocycles. The molecule has 3 aromatic rings. The molecule has 3 aromatic heterocycles. The summed E-state index contributed by atoms with van der Waals surface area (Å²) >= 11 is 0. The summed E-state index contributed by atoms with van der Waals surface area (Å²) in [5.41, 5.74) is 3.01. The van der Waals surface area contributed by atoms with E-state index >= 15 is 0 Å². The Hall–Kier alpha value is -2.83. The van der Waals surface area contributed by atoms with Crippen LogP contribution in [-0.4, -0.2) is 26.9 Å². The first-order valence-corrected chi connectivity index (χ1v) is 8.23. The topological polar surface area (TPSA) is 86.1 Å². The highest BCUT2D eigenvalue weighted by Gasteiger charge is 2.22. The first kappa shape index (κ1) is 17.0. The number of nitrogens with one attached hydrogen (secondary N) is 1. The minimum Gasteiger partial charge on any atom is -0.469 e. The highest BCUT2D eigenvalue weighted by atomic mass is 16.5. The lowest BCUT2D eigenvalue weighted by atomic mass is 10.1. The first-order valence-electron chi connectivity index (χ1n) is 8.23. The Morgan fingerprint density at radius 3 is 2.80 bits per heavy atom. The summed E-state index contributed by atoms with van der Waals surface area (Å²) in [7, 11) is 0. The summed E-state index contributed by atoms with van der Waals surface area (Å²) in [6, 6.07) is 5.62. The maximum Gasteiger partial charge on any atom is 0.274 e. The summed E-state index contributed by atoms with van der Waals surface area (Å²) in [6.45, 7) is 8.09. The molecule has 3 rings (SSSR count). The smallest absolute Gasteiger partial charge is 0.274 e. The van der Waals surface area contributed by atoms with Crippen molar-refractivity contribution in [2.75, 3.05) is 0 Å². The summed E-state index contributed by atoms with van der Waals surface area (Å²) in [6.07, 6.45) is 2.24. The Morgan fingerprint density at radius 2 is 2.16 bits per heavy atom. The third-order valence-electron chi connectivity index (χ3n) is 4.08. The first-order chi connectivity index (χ1) is 11.9. The predicted octanol–water partition coefficient (Wildman–Crippen LogP) is 2.80. The minimum atomic E-state index is -0.257. The van der Waals surface area contributed by atoms with Gasteiger partial charge < -0.3 is 14.3 Å². The van der Waals surface area contributed by atoms with Crippen LogP contribution >= 0.6 is 0 Å². The van der Waals surface area contributed by atoms with Crippen LogP contribution in [0.1, 0.15) is 45.9 Å². The molecule has 7 nitrogen and oxygen atoms in total. The van der Waals surface area contributed by atoms with Crippen LogP contribution in [0.2, 0.25) is 0 Å². The molecule has 0 aromatic carbocycles. The van der Waals surface area contributed by atoms with E-state index in [0.717, 1.165) is 22.7 Å². The Balaban J connectivity index is 1.73. The number of amides is 1. The Kier molecular flexibility index (Phi) is 4.74. The Bertz CT molecular complexity index is 861. The van der Waals surface area contributed by atoms with E-state index in [1.165, 1.54) is 0 Å². The van der Waals surface area contributed by atoms with E-state index in [4.69, 9.17) is 8.94 Å². The molecule has 7 heteroatoms. The van der Waals surface area contributed by atoms with Crippen molar-refractivity contribution in [2.45, 2.75) is 46.7 Å². The van der Waals surface area contributed by atoms with Crippen LogP contribution in [0.3, 0.4) is 0 Å². The van der Waals surface area contributed by atoms with E-state index < -0.39 is 0 Å². The van der Waals surface area contributed by atoms with Gasteiger partial charge in [-0.25, -0.2) is 0 Å². The molecule has 0 unspecified atom stereocenters. The second kappa shape index (κ2) is 6.96. The number of aryl methyl sites for hydroxylation is 3. The number of aromatic nitrogens is 3. The van der Waals surface area contributed by atoms with Crippen molar-refractivity contribution in [3.63, 3.8) is 0 Å². The summed E-state index contributed by atoms with van der Waals surface area (Å²) in [5, 5.41) is 11.3. The molecule has 0 bridgehead atoms. The molecule has 1 N–H and O–H groups in total. The van der Waals surface area contributed by atoms with Crippen molar-refractivity contribution in [1.29, 1.82) is 0 Å². The molecule has 132 valence electrons. The van der Waals surface area contributed by atoms with Crippen molar-refractivity contribution < 1.29 is 13.7 Å². The number of rotatable bonds is 6. The van der Waals surface area contributed by atoms with Crippen molar-refractivity contribution >= 4 is 5.91 Å². The van der Waals surface area contributed by atoms with Crippen LogP contribution in [0, 0.1) is 20.8 Å². The maximum atomic E-state index is 12.6. The van der Waals surface area contributed by atoms with Crippen LogP contribution < -0.4 is 5.32 Å². The molecule has 0 radical (unpaired) electrons. The minimum absolute atomic E-state index is 0.0859. The molecule has 0 fully saturated rings. The van der Waals surface area contributed by atoms with Gasteiger partial charge in [0.05, 0.1) is 18.5 Å². The molecule has 1 atom stereocenters. The van der Waals surface area contributed by atoms with Gasteiger partial charge in [-0.3, -0.25) is 9.48 Å². The van der Waals surface area contributed by atoms with E-state index in [2.05, 4.69) is 15.6 Å². The fourth-order valence-electron chi connectivity index (χ4n) is 2.81. The molecular weight excluding hydrogens is 320 g/mol. The van der Waals surface area contributed by atoms with Gasteiger partial charge in [-0.2, -0.15) is 5.10 Å². The predicted molar refractivity (Wildman–Crippen MR) is 91.4 cm³/mol.